The fourth-order valence-corrected chi connectivity index (χ4v) is 2.39. The number of hydrogen-bond donors (Lipinski definition) is 0. The van der Waals surface area contributed by atoms with E-state index in [2.05, 4.69) is 4.90 Å². The highest BCUT2D eigenvalue weighted by molar-refractivity contribution is 5.91. The van der Waals surface area contributed by atoms with Gasteiger partial charge in [0.15, 0.2) is 0 Å². The van der Waals surface area contributed by atoms with Gasteiger partial charge in [0.2, 0.25) is 0 Å². The number of carbonyl (C=O) groups is 2. The quantitative estimate of drug-likeness (QED) is 0.766. The molecule has 0 aromatic heterocycles. The second kappa shape index (κ2) is 5.03. The monoisotopic (exact) mass is 261 g/mol. The Morgan fingerprint density at radius 3 is 2.74 bits per heavy atom. The highest BCUT2D eigenvalue weighted by Gasteiger charge is 2.34. The van der Waals surface area contributed by atoms with Crippen molar-refractivity contribution >= 4 is 17.4 Å². The van der Waals surface area contributed by atoms with Gasteiger partial charge in [-0.2, -0.15) is 0 Å². The number of ether oxygens (including phenoxy) is 1. The van der Waals surface area contributed by atoms with Crippen molar-refractivity contribution in [3.05, 3.63) is 29.8 Å². The van der Waals surface area contributed by atoms with Gasteiger partial charge in [-0.05, 0) is 18.2 Å². The van der Waals surface area contributed by atoms with E-state index in [1.807, 2.05) is 32.0 Å². The Balaban J connectivity index is 2.23. The van der Waals surface area contributed by atoms with Crippen molar-refractivity contribution in [2.75, 3.05) is 25.1 Å². The van der Waals surface area contributed by atoms with E-state index in [1.165, 1.54) is 7.11 Å². The summed E-state index contributed by atoms with van der Waals surface area (Å²) in [6, 6.07) is 7.34. The van der Waals surface area contributed by atoms with Crippen LogP contribution in [0.5, 0.6) is 0 Å². The lowest BCUT2D eigenvalue weighted by Gasteiger charge is -2.38. The van der Waals surface area contributed by atoms with Crippen LogP contribution in [-0.2, 0) is 9.53 Å². The Kier molecular flexibility index (Phi) is 3.60. The second-order valence-electron chi connectivity index (χ2n) is 5.52. The molecule has 4 heteroatoms. The van der Waals surface area contributed by atoms with Crippen molar-refractivity contribution < 1.29 is 14.3 Å². The number of ketones is 1. The molecule has 0 unspecified atom stereocenters. The minimum atomic E-state index is -0.339. The molecule has 1 fully saturated rings. The maximum absolute atomic E-state index is 11.8. The number of rotatable bonds is 2. The Morgan fingerprint density at radius 1 is 1.37 bits per heavy atom. The number of piperidine rings is 1. The number of benzene rings is 1. The van der Waals surface area contributed by atoms with Crippen LogP contribution in [0.15, 0.2) is 24.3 Å². The molecule has 0 radical (unpaired) electrons. The molecule has 1 saturated heterocycles. The zero-order chi connectivity index (χ0) is 14.0. The van der Waals surface area contributed by atoms with Gasteiger partial charge in [0.25, 0.3) is 0 Å². The van der Waals surface area contributed by atoms with E-state index in [0.29, 0.717) is 30.9 Å². The van der Waals surface area contributed by atoms with Crippen molar-refractivity contribution in [3.8, 4) is 0 Å². The first-order chi connectivity index (χ1) is 8.94. The molecule has 0 atom stereocenters. The van der Waals surface area contributed by atoms with Crippen molar-refractivity contribution in [3.63, 3.8) is 0 Å². The molecule has 0 saturated carbocycles. The Hall–Kier alpha value is -1.84. The number of nitrogens with zero attached hydrogens (tertiary/aromatic N) is 1. The number of Topliss-reactive ketones (excluding diaryl/α,β-unsaturated/α-hetero) is 1. The lowest BCUT2D eigenvalue weighted by molar-refractivity contribution is -0.127. The van der Waals surface area contributed by atoms with Crippen molar-refractivity contribution in [1.82, 2.24) is 0 Å². The summed E-state index contributed by atoms with van der Waals surface area (Å²) < 4.78 is 4.73. The molecular formula is C15H19NO3. The Morgan fingerprint density at radius 2 is 2.11 bits per heavy atom. The molecule has 1 aromatic carbocycles. The zero-order valence-electron chi connectivity index (χ0n) is 11.6. The predicted molar refractivity (Wildman–Crippen MR) is 73.4 cm³/mol. The lowest BCUT2D eigenvalue weighted by atomic mass is 9.82. The molecule has 102 valence electrons. The van der Waals surface area contributed by atoms with Gasteiger partial charge < -0.3 is 9.64 Å². The molecular weight excluding hydrogens is 242 g/mol. The largest absolute Gasteiger partial charge is 0.465 e. The van der Waals surface area contributed by atoms with E-state index in [4.69, 9.17) is 4.74 Å². The number of carbonyl (C=O) groups excluding carboxylic acids is 2. The van der Waals surface area contributed by atoms with E-state index >= 15 is 0 Å². The fourth-order valence-electron chi connectivity index (χ4n) is 2.39. The van der Waals surface area contributed by atoms with Gasteiger partial charge >= 0.3 is 5.97 Å². The molecule has 1 aliphatic heterocycles. The van der Waals surface area contributed by atoms with Crippen LogP contribution in [0.2, 0.25) is 0 Å². The van der Waals surface area contributed by atoms with Crippen LogP contribution in [0, 0.1) is 5.41 Å². The third-order valence-corrected chi connectivity index (χ3v) is 3.58. The molecule has 1 heterocycles. The average molecular weight is 261 g/mol. The molecule has 1 aliphatic rings. The summed E-state index contributed by atoms with van der Waals surface area (Å²) in [5.41, 5.74) is 1.16. The van der Waals surface area contributed by atoms with Gasteiger partial charge in [0.1, 0.15) is 5.78 Å². The summed E-state index contributed by atoms with van der Waals surface area (Å²) in [5.74, 6) is -0.0398. The molecule has 0 amide bonds. The Labute approximate surface area is 113 Å². The molecule has 0 aliphatic carbocycles. The van der Waals surface area contributed by atoms with Crippen LogP contribution in [0.1, 0.15) is 30.6 Å². The zero-order valence-corrected chi connectivity index (χ0v) is 11.6. The van der Waals surface area contributed by atoms with Gasteiger partial charge in [-0.25, -0.2) is 4.79 Å². The molecule has 19 heavy (non-hydrogen) atoms. The third kappa shape index (κ3) is 2.78. The highest BCUT2D eigenvalue weighted by Crippen LogP contribution is 2.29. The summed E-state index contributed by atoms with van der Waals surface area (Å²) in [6.45, 7) is 5.31. The van der Waals surface area contributed by atoms with Crippen molar-refractivity contribution in [2.45, 2.75) is 20.3 Å². The topological polar surface area (TPSA) is 46.6 Å². The summed E-state index contributed by atoms with van der Waals surface area (Å²) in [4.78, 5) is 25.5. The number of methoxy groups -OCH3 is 1. The lowest BCUT2D eigenvalue weighted by Crippen LogP contribution is -2.46. The standard InChI is InChI=1S/C15H19NO3/c1-15(2)10-16(8-7-13(15)17)12-6-4-5-11(9-12)14(18)19-3/h4-6,9H,7-8,10H2,1-3H3. The van der Waals surface area contributed by atoms with E-state index in [9.17, 15) is 9.59 Å². The SMILES string of the molecule is COC(=O)c1cccc(N2CCC(=O)C(C)(C)C2)c1. The molecule has 0 N–H and O–H groups in total. The van der Waals surface area contributed by atoms with Crippen LogP contribution >= 0.6 is 0 Å². The number of anilines is 1. The van der Waals surface area contributed by atoms with Crippen LogP contribution in [0.25, 0.3) is 0 Å². The normalized spacial score (nSPS) is 18.3. The average Bonchev–Trinajstić information content (AvgIpc) is 2.41. The highest BCUT2D eigenvalue weighted by atomic mass is 16.5. The van der Waals surface area contributed by atoms with Crippen LogP contribution < -0.4 is 4.90 Å². The molecule has 2 rings (SSSR count). The first-order valence-corrected chi connectivity index (χ1v) is 6.41. The maximum atomic E-state index is 11.8. The second-order valence-corrected chi connectivity index (χ2v) is 5.52. The first-order valence-electron chi connectivity index (χ1n) is 6.41. The van der Waals surface area contributed by atoms with Gasteiger partial charge in [0.05, 0.1) is 12.7 Å². The summed E-state index contributed by atoms with van der Waals surface area (Å²) in [5, 5.41) is 0. The third-order valence-electron chi connectivity index (χ3n) is 3.58. The summed E-state index contributed by atoms with van der Waals surface area (Å²) >= 11 is 0. The van der Waals surface area contributed by atoms with Gasteiger partial charge in [-0.3, -0.25) is 4.79 Å². The maximum Gasteiger partial charge on any atom is 0.337 e. The predicted octanol–water partition coefficient (Wildman–Crippen LogP) is 2.28. The van der Waals surface area contributed by atoms with Crippen molar-refractivity contribution in [2.24, 2.45) is 5.41 Å². The minimum absolute atomic E-state index is 0.299. The summed E-state index contributed by atoms with van der Waals surface area (Å²) in [6.07, 6.45) is 0.551. The molecule has 0 bridgehead atoms. The Bertz CT molecular complexity index is 508. The van der Waals surface area contributed by atoms with Gasteiger partial charge in [-0.1, -0.05) is 19.9 Å². The summed E-state index contributed by atoms with van der Waals surface area (Å²) in [7, 11) is 1.37. The van der Waals surface area contributed by atoms with Crippen LogP contribution in [0.4, 0.5) is 5.69 Å². The van der Waals surface area contributed by atoms with Crippen LogP contribution in [0.3, 0.4) is 0 Å². The van der Waals surface area contributed by atoms with E-state index < -0.39 is 0 Å². The van der Waals surface area contributed by atoms with E-state index in [-0.39, 0.29) is 11.4 Å². The van der Waals surface area contributed by atoms with Gasteiger partial charge in [0, 0.05) is 30.6 Å². The van der Waals surface area contributed by atoms with Crippen molar-refractivity contribution in [1.29, 1.82) is 0 Å². The molecule has 4 nitrogen and oxygen atoms in total. The molecule has 1 aromatic rings. The minimum Gasteiger partial charge on any atom is -0.465 e. The number of hydrogen-bond acceptors (Lipinski definition) is 4. The van der Waals surface area contributed by atoms with E-state index in [1.54, 1.807) is 6.07 Å². The fraction of sp³-hybridized carbons (Fsp3) is 0.467. The smallest absolute Gasteiger partial charge is 0.337 e. The number of esters is 1. The first kappa shape index (κ1) is 13.6. The van der Waals surface area contributed by atoms with Gasteiger partial charge in [-0.15, -0.1) is 0 Å². The van der Waals surface area contributed by atoms with E-state index in [0.717, 1.165) is 5.69 Å². The molecule has 0 spiro atoms. The van der Waals surface area contributed by atoms with Crippen LogP contribution in [-0.4, -0.2) is 32.0 Å².